The molecule has 0 aliphatic rings. The predicted octanol–water partition coefficient (Wildman–Crippen LogP) is 2.13. The highest BCUT2D eigenvalue weighted by atomic mass is 35.5. The van der Waals surface area contributed by atoms with Crippen LogP contribution in [0.1, 0.15) is 19.7 Å². The van der Waals surface area contributed by atoms with Crippen molar-refractivity contribution in [3.63, 3.8) is 0 Å². The lowest BCUT2D eigenvalue weighted by Crippen LogP contribution is -1.99. The van der Waals surface area contributed by atoms with Gasteiger partial charge >= 0.3 is 0 Å². The summed E-state index contributed by atoms with van der Waals surface area (Å²) in [5.41, 5.74) is 0. The second-order valence-electron chi connectivity index (χ2n) is 2.82. The van der Waals surface area contributed by atoms with Gasteiger partial charge in [0, 0.05) is 18.7 Å². The molecule has 0 saturated carbocycles. The van der Waals surface area contributed by atoms with E-state index in [-0.39, 0.29) is 0 Å². The molecule has 0 amide bonds. The number of aromatic nitrogens is 2. The highest BCUT2D eigenvalue weighted by Crippen LogP contribution is 2.05. The van der Waals surface area contributed by atoms with Crippen LogP contribution in [0.5, 0.6) is 0 Å². The fourth-order valence-corrected chi connectivity index (χ4v) is 0.944. The summed E-state index contributed by atoms with van der Waals surface area (Å²) in [5.74, 6) is 1.36. The average molecular weight is 170 g/mol. The molecule has 0 unspecified atom stereocenters. The summed E-state index contributed by atoms with van der Waals surface area (Å²) >= 11 is 5.62. The maximum atomic E-state index is 5.62. The van der Waals surface area contributed by atoms with Crippen molar-refractivity contribution in [1.29, 1.82) is 0 Å². The van der Waals surface area contributed by atoms with Gasteiger partial charge in [0.05, 0.1) is 0 Å². The molecule has 59 valence electrons. The molecule has 2 nitrogen and oxygen atoms in total. The Bertz CT molecular complexity index is 235. The van der Waals surface area contributed by atoms with Crippen molar-refractivity contribution in [3.05, 3.63) is 23.2 Å². The lowest BCUT2D eigenvalue weighted by Gasteiger charge is -2.01. The van der Waals surface area contributed by atoms with E-state index >= 15 is 0 Å². The highest BCUT2D eigenvalue weighted by Gasteiger charge is 2.00. The minimum Gasteiger partial charge on any atom is -0.241 e. The molecule has 0 saturated heterocycles. The summed E-state index contributed by atoms with van der Waals surface area (Å²) in [4.78, 5) is 8.04. The van der Waals surface area contributed by atoms with Crippen LogP contribution >= 0.6 is 11.6 Å². The Labute approximate surface area is 71.6 Å². The molecule has 0 N–H and O–H groups in total. The van der Waals surface area contributed by atoms with Crippen molar-refractivity contribution in [2.75, 3.05) is 0 Å². The first-order valence-corrected chi connectivity index (χ1v) is 3.95. The van der Waals surface area contributed by atoms with Gasteiger partial charge in [-0.3, -0.25) is 0 Å². The first-order chi connectivity index (χ1) is 5.18. The zero-order chi connectivity index (χ0) is 8.27. The molecule has 11 heavy (non-hydrogen) atoms. The van der Waals surface area contributed by atoms with Crippen molar-refractivity contribution in [1.82, 2.24) is 9.97 Å². The molecule has 0 fully saturated rings. The van der Waals surface area contributed by atoms with Crippen LogP contribution in [0.4, 0.5) is 0 Å². The Morgan fingerprint density at radius 2 is 2.36 bits per heavy atom. The van der Waals surface area contributed by atoms with E-state index in [1.165, 1.54) is 0 Å². The standard InChI is InChI=1S/C8H10ClN2/c1-6(2)5-8-10-4-3-7(9)11-8/h4,6H,5H2,1-2H3. The fourth-order valence-electron chi connectivity index (χ4n) is 0.798. The molecule has 1 rings (SSSR count). The van der Waals surface area contributed by atoms with Gasteiger partial charge in [-0.1, -0.05) is 25.4 Å². The van der Waals surface area contributed by atoms with Gasteiger partial charge in [-0.15, -0.1) is 0 Å². The van der Waals surface area contributed by atoms with E-state index in [0.717, 1.165) is 12.2 Å². The molecule has 1 heterocycles. The molecule has 0 atom stereocenters. The summed E-state index contributed by atoms with van der Waals surface area (Å²) in [6.07, 6.45) is 2.43. The first-order valence-electron chi connectivity index (χ1n) is 3.57. The smallest absolute Gasteiger partial charge is 0.140 e. The minimum atomic E-state index is 0.399. The lowest BCUT2D eigenvalue weighted by atomic mass is 10.1. The Morgan fingerprint density at radius 1 is 1.64 bits per heavy atom. The molecule has 1 radical (unpaired) electrons. The van der Waals surface area contributed by atoms with Gasteiger partial charge in [0.1, 0.15) is 11.0 Å². The van der Waals surface area contributed by atoms with Crippen molar-refractivity contribution in [3.8, 4) is 0 Å². The summed E-state index contributed by atoms with van der Waals surface area (Å²) in [6, 6.07) is 2.69. The molecule has 1 aromatic rings. The molecule has 0 bridgehead atoms. The van der Waals surface area contributed by atoms with E-state index in [9.17, 15) is 0 Å². The van der Waals surface area contributed by atoms with Crippen molar-refractivity contribution < 1.29 is 0 Å². The van der Waals surface area contributed by atoms with Gasteiger partial charge in [-0.25, -0.2) is 9.97 Å². The van der Waals surface area contributed by atoms with Crippen LogP contribution in [0.2, 0.25) is 5.15 Å². The average Bonchev–Trinajstić information content (AvgIpc) is 1.85. The zero-order valence-corrected chi connectivity index (χ0v) is 7.39. The van der Waals surface area contributed by atoms with E-state index in [1.54, 1.807) is 6.20 Å². The van der Waals surface area contributed by atoms with E-state index in [0.29, 0.717) is 11.1 Å². The predicted molar refractivity (Wildman–Crippen MR) is 44.4 cm³/mol. The van der Waals surface area contributed by atoms with E-state index in [4.69, 9.17) is 11.6 Å². The number of nitrogens with zero attached hydrogens (tertiary/aromatic N) is 2. The van der Waals surface area contributed by atoms with Gasteiger partial charge in [0.25, 0.3) is 0 Å². The van der Waals surface area contributed by atoms with Crippen LogP contribution in [0.25, 0.3) is 0 Å². The van der Waals surface area contributed by atoms with Crippen LogP contribution in [0, 0.1) is 12.0 Å². The zero-order valence-electron chi connectivity index (χ0n) is 6.63. The fraction of sp³-hybridized carbons (Fsp3) is 0.500. The minimum absolute atomic E-state index is 0.399. The largest absolute Gasteiger partial charge is 0.241 e. The maximum absolute atomic E-state index is 5.62. The Morgan fingerprint density at radius 3 is 2.91 bits per heavy atom. The van der Waals surface area contributed by atoms with E-state index < -0.39 is 0 Å². The number of halogens is 1. The number of hydrogen-bond acceptors (Lipinski definition) is 2. The third-order valence-corrected chi connectivity index (χ3v) is 1.41. The molecule has 3 heteroatoms. The van der Waals surface area contributed by atoms with Gasteiger partial charge in [0.15, 0.2) is 0 Å². The van der Waals surface area contributed by atoms with Crippen molar-refractivity contribution in [2.24, 2.45) is 5.92 Å². The topological polar surface area (TPSA) is 25.8 Å². The second-order valence-corrected chi connectivity index (χ2v) is 3.18. The molecular weight excluding hydrogens is 160 g/mol. The van der Waals surface area contributed by atoms with Crippen LogP contribution in [0.15, 0.2) is 6.20 Å². The summed E-state index contributed by atoms with van der Waals surface area (Å²) < 4.78 is 0. The highest BCUT2D eigenvalue weighted by molar-refractivity contribution is 6.29. The SMILES string of the molecule is CC(C)Cc1nc[c]c(Cl)n1. The first kappa shape index (κ1) is 8.47. The van der Waals surface area contributed by atoms with Gasteiger partial charge < -0.3 is 0 Å². The number of hydrogen-bond donors (Lipinski definition) is 0. The monoisotopic (exact) mass is 169 g/mol. The normalized spacial score (nSPS) is 10.5. The van der Waals surface area contributed by atoms with Crippen LogP contribution in [-0.2, 0) is 6.42 Å². The third kappa shape index (κ3) is 2.85. The third-order valence-electron chi connectivity index (χ3n) is 1.22. The quantitative estimate of drug-likeness (QED) is 0.634. The molecule has 1 aromatic heterocycles. The van der Waals surface area contributed by atoms with Gasteiger partial charge in [-0.2, -0.15) is 0 Å². The molecule has 0 spiro atoms. The maximum Gasteiger partial charge on any atom is 0.140 e. The summed E-state index contributed by atoms with van der Waals surface area (Å²) in [5, 5.41) is 0.399. The van der Waals surface area contributed by atoms with Crippen LogP contribution in [-0.4, -0.2) is 9.97 Å². The van der Waals surface area contributed by atoms with Gasteiger partial charge in [-0.05, 0) is 5.92 Å². The molecule has 0 aliphatic heterocycles. The second kappa shape index (κ2) is 3.67. The van der Waals surface area contributed by atoms with Crippen molar-refractivity contribution >= 4 is 11.6 Å². The van der Waals surface area contributed by atoms with Gasteiger partial charge in [0.2, 0.25) is 0 Å². The Hall–Kier alpha value is -0.630. The molecule has 0 aliphatic carbocycles. The van der Waals surface area contributed by atoms with E-state index in [2.05, 4.69) is 29.9 Å². The molecule has 0 aromatic carbocycles. The number of rotatable bonds is 2. The Balaban J connectivity index is 2.71. The summed E-state index contributed by atoms with van der Waals surface area (Å²) in [7, 11) is 0. The molecular formula is C8H10ClN2. The Kier molecular flexibility index (Phi) is 2.83. The summed E-state index contributed by atoms with van der Waals surface area (Å²) in [6.45, 7) is 4.24. The lowest BCUT2D eigenvalue weighted by molar-refractivity contribution is 0.620. The van der Waals surface area contributed by atoms with E-state index in [1.807, 2.05) is 0 Å². The van der Waals surface area contributed by atoms with Crippen molar-refractivity contribution in [2.45, 2.75) is 20.3 Å². The van der Waals surface area contributed by atoms with Crippen LogP contribution in [0.3, 0.4) is 0 Å². The van der Waals surface area contributed by atoms with Crippen LogP contribution < -0.4 is 0 Å².